The standard InChI is InChI=1S/C9H10N2O3/c12-8-5-6(9(13)14)4-7-10-2-1-3-11(7)8/h4-5,10H,1-3H2,(H,13,14). The van der Waals surface area contributed by atoms with Gasteiger partial charge in [0.2, 0.25) is 0 Å². The van der Waals surface area contributed by atoms with Crippen LogP contribution in [0, 0.1) is 0 Å². The van der Waals surface area contributed by atoms with Crippen molar-refractivity contribution < 1.29 is 9.90 Å². The largest absolute Gasteiger partial charge is 0.478 e. The zero-order chi connectivity index (χ0) is 10.1. The highest BCUT2D eigenvalue weighted by Gasteiger charge is 2.13. The number of nitrogens with one attached hydrogen (secondary N) is 1. The van der Waals surface area contributed by atoms with E-state index in [0.29, 0.717) is 12.4 Å². The average Bonchev–Trinajstić information content (AvgIpc) is 2.17. The van der Waals surface area contributed by atoms with E-state index >= 15 is 0 Å². The number of anilines is 1. The summed E-state index contributed by atoms with van der Waals surface area (Å²) in [7, 11) is 0. The van der Waals surface area contributed by atoms with Gasteiger partial charge >= 0.3 is 5.97 Å². The number of carboxylic acid groups (broad SMARTS) is 1. The van der Waals surface area contributed by atoms with Gasteiger partial charge in [-0.1, -0.05) is 0 Å². The number of hydrogen-bond donors (Lipinski definition) is 2. The predicted molar refractivity (Wildman–Crippen MR) is 50.8 cm³/mol. The van der Waals surface area contributed by atoms with Crippen LogP contribution in [0.15, 0.2) is 16.9 Å². The van der Waals surface area contributed by atoms with Gasteiger partial charge in [-0.25, -0.2) is 4.79 Å². The minimum Gasteiger partial charge on any atom is -0.478 e. The van der Waals surface area contributed by atoms with Crippen LogP contribution in [0.2, 0.25) is 0 Å². The predicted octanol–water partition coefficient (Wildman–Crippen LogP) is 0.362. The van der Waals surface area contributed by atoms with Crippen molar-refractivity contribution in [1.29, 1.82) is 0 Å². The Hall–Kier alpha value is -1.78. The van der Waals surface area contributed by atoms with E-state index in [1.54, 1.807) is 4.57 Å². The van der Waals surface area contributed by atoms with Gasteiger partial charge in [-0.2, -0.15) is 0 Å². The maximum absolute atomic E-state index is 11.4. The Morgan fingerprint density at radius 3 is 3.00 bits per heavy atom. The van der Waals surface area contributed by atoms with E-state index in [-0.39, 0.29) is 11.1 Å². The van der Waals surface area contributed by atoms with Crippen molar-refractivity contribution in [3.63, 3.8) is 0 Å². The van der Waals surface area contributed by atoms with E-state index in [1.165, 1.54) is 6.07 Å². The van der Waals surface area contributed by atoms with Crippen molar-refractivity contribution in [3.05, 3.63) is 28.0 Å². The van der Waals surface area contributed by atoms with Gasteiger partial charge < -0.3 is 10.4 Å². The Labute approximate surface area is 80.0 Å². The third kappa shape index (κ3) is 1.37. The minimum absolute atomic E-state index is 0.0376. The number of aromatic nitrogens is 1. The fourth-order valence-corrected chi connectivity index (χ4v) is 1.55. The molecular weight excluding hydrogens is 184 g/mol. The van der Waals surface area contributed by atoms with E-state index in [4.69, 9.17) is 5.11 Å². The van der Waals surface area contributed by atoms with Gasteiger partial charge in [0, 0.05) is 19.2 Å². The molecule has 5 heteroatoms. The van der Waals surface area contributed by atoms with E-state index in [9.17, 15) is 9.59 Å². The van der Waals surface area contributed by atoms with Crippen molar-refractivity contribution in [3.8, 4) is 0 Å². The molecule has 0 saturated carbocycles. The van der Waals surface area contributed by atoms with Crippen LogP contribution >= 0.6 is 0 Å². The minimum atomic E-state index is -1.07. The Kier molecular flexibility index (Phi) is 1.99. The fraction of sp³-hybridized carbons (Fsp3) is 0.333. The lowest BCUT2D eigenvalue weighted by Crippen LogP contribution is -2.29. The van der Waals surface area contributed by atoms with Gasteiger partial charge in [-0.15, -0.1) is 0 Å². The van der Waals surface area contributed by atoms with E-state index in [0.717, 1.165) is 19.0 Å². The van der Waals surface area contributed by atoms with Crippen LogP contribution in [0.4, 0.5) is 5.82 Å². The highest BCUT2D eigenvalue weighted by molar-refractivity contribution is 5.88. The van der Waals surface area contributed by atoms with Crippen molar-refractivity contribution in [2.24, 2.45) is 0 Å². The number of rotatable bonds is 1. The highest BCUT2D eigenvalue weighted by atomic mass is 16.4. The van der Waals surface area contributed by atoms with Gasteiger partial charge in [0.25, 0.3) is 5.56 Å². The molecule has 0 aliphatic carbocycles. The van der Waals surface area contributed by atoms with Crippen LogP contribution in [-0.4, -0.2) is 22.2 Å². The number of fused-ring (bicyclic) bond motifs is 1. The summed E-state index contributed by atoms with van der Waals surface area (Å²) in [5, 5.41) is 11.7. The first-order valence-corrected chi connectivity index (χ1v) is 4.40. The molecular formula is C9H10N2O3. The van der Waals surface area contributed by atoms with Gasteiger partial charge in [-0.3, -0.25) is 9.36 Å². The molecule has 2 N–H and O–H groups in total. The third-order valence-electron chi connectivity index (χ3n) is 2.24. The summed E-state index contributed by atoms with van der Waals surface area (Å²) in [5.41, 5.74) is -0.220. The molecule has 1 aliphatic heterocycles. The van der Waals surface area contributed by atoms with Crippen molar-refractivity contribution >= 4 is 11.8 Å². The zero-order valence-electron chi connectivity index (χ0n) is 7.49. The molecule has 1 aliphatic rings. The number of hydrogen-bond acceptors (Lipinski definition) is 3. The highest BCUT2D eigenvalue weighted by Crippen LogP contribution is 2.12. The smallest absolute Gasteiger partial charge is 0.336 e. The molecule has 0 aromatic carbocycles. The van der Waals surface area contributed by atoms with Crippen molar-refractivity contribution in [2.45, 2.75) is 13.0 Å². The molecule has 0 atom stereocenters. The summed E-state index contributed by atoms with van der Waals surface area (Å²) in [6.07, 6.45) is 0.888. The van der Waals surface area contributed by atoms with Crippen LogP contribution in [0.5, 0.6) is 0 Å². The zero-order valence-corrected chi connectivity index (χ0v) is 7.49. The molecule has 0 fully saturated rings. The molecule has 5 nitrogen and oxygen atoms in total. The molecule has 0 bridgehead atoms. The Morgan fingerprint density at radius 2 is 2.29 bits per heavy atom. The number of carboxylic acids is 1. The Bertz CT molecular complexity index is 436. The molecule has 0 amide bonds. The summed E-state index contributed by atoms with van der Waals surface area (Å²) in [6.45, 7) is 1.43. The first kappa shape index (κ1) is 8.80. The SMILES string of the molecule is O=C(O)c1cc2n(c(=O)c1)CCCN2. The summed E-state index contributed by atoms with van der Waals surface area (Å²) < 4.78 is 1.55. The van der Waals surface area contributed by atoms with Crippen molar-refractivity contribution in [1.82, 2.24) is 4.57 Å². The molecule has 1 aromatic rings. The van der Waals surface area contributed by atoms with Crippen LogP contribution in [-0.2, 0) is 6.54 Å². The van der Waals surface area contributed by atoms with E-state index in [2.05, 4.69) is 5.32 Å². The lowest BCUT2D eigenvalue weighted by Gasteiger charge is -2.19. The van der Waals surface area contributed by atoms with Gasteiger partial charge in [0.1, 0.15) is 5.82 Å². The summed E-state index contributed by atoms with van der Waals surface area (Å²) >= 11 is 0. The monoisotopic (exact) mass is 194 g/mol. The maximum Gasteiger partial charge on any atom is 0.336 e. The topological polar surface area (TPSA) is 71.3 Å². The molecule has 0 spiro atoms. The third-order valence-corrected chi connectivity index (χ3v) is 2.24. The number of nitrogens with zero attached hydrogens (tertiary/aromatic N) is 1. The summed E-state index contributed by atoms with van der Waals surface area (Å²) in [6, 6.07) is 2.64. The van der Waals surface area contributed by atoms with Gasteiger partial charge in [-0.05, 0) is 12.5 Å². The molecule has 2 heterocycles. The van der Waals surface area contributed by atoms with Crippen LogP contribution in [0.3, 0.4) is 0 Å². The van der Waals surface area contributed by atoms with Crippen LogP contribution < -0.4 is 10.9 Å². The van der Waals surface area contributed by atoms with Crippen LogP contribution in [0.1, 0.15) is 16.8 Å². The lowest BCUT2D eigenvalue weighted by molar-refractivity contribution is 0.0696. The maximum atomic E-state index is 11.4. The average molecular weight is 194 g/mol. The second kappa shape index (κ2) is 3.17. The second-order valence-corrected chi connectivity index (χ2v) is 3.20. The molecule has 74 valence electrons. The summed E-state index contributed by atoms with van der Waals surface area (Å²) in [5.74, 6) is -0.473. The molecule has 0 radical (unpaired) electrons. The fourth-order valence-electron chi connectivity index (χ4n) is 1.55. The quantitative estimate of drug-likeness (QED) is 0.677. The first-order valence-electron chi connectivity index (χ1n) is 4.40. The molecule has 0 saturated heterocycles. The Morgan fingerprint density at radius 1 is 1.50 bits per heavy atom. The van der Waals surface area contributed by atoms with Crippen molar-refractivity contribution in [2.75, 3.05) is 11.9 Å². The number of pyridine rings is 1. The summed E-state index contributed by atoms with van der Waals surface area (Å²) in [4.78, 5) is 22.1. The molecule has 2 rings (SSSR count). The first-order chi connectivity index (χ1) is 6.68. The number of carbonyl (C=O) groups is 1. The molecule has 0 unspecified atom stereocenters. The van der Waals surface area contributed by atoms with Gasteiger partial charge in [0.05, 0.1) is 5.56 Å². The van der Waals surface area contributed by atoms with E-state index in [1.807, 2.05) is 0 Å². The second-order valence-electron chi connectivity index (χ2n) is 3.20. The van der Waals surface area contributed by atoms with Crippen LogP contribution in [0.25, 0.3) is 0 Å². The lowest BCUT2D eigenvalue weighted by atomic mass is 10.2. The molecule has 14 heavy (non-hydrogen) atoms. The number of aromatic carboxylic acids is 1. The molecule has 1 aromatic heterocycles. The van der Waals surface area contributed by atoms with E-state index < -0.39 is 5.97 Å². The Balaban J connectivity index is 2.57. The van der Waals surface area contributed by atoms with Gasteiger partial charge in [0.15, 0.2) is 0 Å². The normalized spacial score (nSPS) is 14.3.